The van der Waals surface area contributed by atoms with Gasteiger partial charge in [-0.2, -0.15) is 0 Å². The Morgan fingerprint density at radius 3 is 2.78 bits per heavy atom. The van der Waals surface area contributed by atoms with Crippen LogP contribution in [0.15, 0.2) is 0 Å². The fourth-order valence-electron chi connectivity index (χ4n) is 5.05. The van der Waals surface area contributed by atoms with E-state index in [1.807, 2.05) is 7.11 Å². The van der Waals surface area contributed by atoms with Crippen molar-refractivity contribution in [3.8, 4) is 0 Å². The van der Waals surface area contributed by atoms with Gasteiger partial charge in [-0.3, -0.25) is 0 Å². The van der Waals surface area contributed by atoms with Crippen molar-refractivity contribution in [1.29, 1.82) is 0 Å². The van der Waals surface area contributed by atoms with E-state index < -0.39 is 0 Å². The topological polar surface area (TPSA) is 35.5 Å². The fourth-order valence-corrected chi connectivity index (χ4v) is 5.21. The number of carbonyl (C=O) groups excluding carboxylic acids is 1. The molecule has 0 heterocycles. The summed E-state index contributed by atoms with van der Waals surface area (Å²) >= 11 is 1.74. The van der Waals surface area contributed by atoms with E-state index in [0.29, 0.717) is 18.6 Å². The molecule has 0 radical (unpaired) electrons. The first kappa shape index (κ1) is 13.2. The molecule has 3 fully saturated rings. The summed E-state index contributed by atoms with van der Waals surface area (Å²) < 4.78 is 11.0. The van der Waals surface area contributed by atoms with Crippen molar-refractivity contribution in [3.05, 3.63) is 0 Å². The molecule has 0 aromatic rings. The Labute approximate surface area is 122 Å². The van der Waals surface area contributed by atoms with Crippen LogP contribution in [0.5, 0.6) is 0 Å². The first-order valence-corrected chi connectivity index (χ1v) is 8.06. The van der Waals surface area contributed by atoms with Gasteiger partial charge in [0.2, 0.25) is 0 Å². The molecule has 0 N–H and O–H groups in total. The fraction of sp³-hybridized carbons (Fsp3) is 0.929. The Bertz CT molecular complexity index is 342. The Morgan fingerprint density at radius 1 is 1.28 bits per heavy atom. The molecule has 3 nitrogen and oxygen atoms in total. The van der Waals surface area contributed by atoms with Crippen molar-refractivity contribution in [2.24, 2.45) is 23.2 Å². The zero-order valence-electron chi connectivity index (χ0n) is 10.9. The van der Waals surface area contributed by atoms with Gasteiger partial charge < -0.3 is 9.47 Å². The average Bonchev–Trinajstić information content (AvgIpc) is 2.33. The molecule has 3 rings (SSSR count). The molecule has 0 aromatic heterocycles. The largest absolute Gasteiger partial charge is 0.458 e. The van der Waals surface area contributed by atoms with Crippen LogP contribution in [0, 0.1) is 23.2 Å². The highest BCUT2D eigenvalue weighted by atomic mass is 127. The summed E-state index contributed by atoms with van der Waals surface area (Å²) in [5, 5.41) is 0. The van der Waals surface area contributed by atoms with Gasteiger partial charge in [0.1, 0.15) is 0 Å². The van der Waals surface area contributed by atoms with Gasteiger partial charge in [0.05, 0.1) is 35.3 Å². The Balaban J connectivity index is 1.84. The molecule has 0 saturated heterocycles. The lowest BCUT2D eigenvalue weighted by Gasteiger charge is -2.58. The Hall–Kier alpha value is 0.160. The smallest absolute Gasteiger partial charge is 0.367 e. The molecule has 3 bridgehead atoms. The van der Waals surface area contributed by atoms with E-state index >= 15 is 0 Å². The van der Waals surface area contributed by atoms with Gasteiger partial charge in [-0.1, -0.05) is 6.42 Å². The van der Waals surface area contributed by atoms with E-state index in [0.717, 1.165) is 11.8 Å². The zero-order chi connectivity index (χ0) is 12.8. The molecule has 18 heavy (non-hydrogen) atoms. The number of rotatable bonds is 3. The summed E-state index contributed by atoms with van der Waals surface area (Å²) in [6.45, 7) is 0.617. The molecule has 3 saturated carbocycles. The number of carbonyl (C=O) groups is 1. The summed E-state index contributed by atoms with van der Waals surface area (Å²) in [7, 11) is 1.84. The lowest BCUT2D eigenvalue weighted by molar-refractivity contribution is -0.151. The maximum absolute atomic E-state index is 11.1. The van der Waals surface area contributed by atoms with Gasteiger partial charge in [0.25, 0.3) is 0 Å². The third kappa shape index (κ3) is 2.19. The van der Waals surface area contributed by atoms with Crippen LogP contribution in [0.1, 0.15) is 38.5 Å². The molecule has 0 aliphatic heterocycles. The van der Waals surface area contributed by atoms with Crippen LogP contribution in [0.3, 0.4) is 0 Å². The van der Waals surface area contributed by atoms with Gasteiger partial charge in [-0.15, -0.1) is 0 Å². The van der Waals surface area contributed by atoms with E-state index in [1.165, 1.54) is 38.5 Å². The molecule has 5 unspecified atom stereocenters. The minimum atomic E-state index is -0.167. The molecule has 4 heteroatoms. The normalized spacial score (nSPS) is 45.9. The third-order valence-corrected chi connectivity index (χ3v) is 5.83. The number of hydrogen-bond acceptors (Lipinski definition) is 3. The first-order valence-electron chi connectivity index (χ1n) is 6.98. The molecular weight excluding hydrogens is 343 g/mol. The number of halogens is 1. The second-order valence-electron chi connectivity index (χ2n) is 6.46. The Kier molecular flexibility index (Phi) is 3.60. The highest BCUT2D eigenvalue weighted by Gasteiger charge is 2.55. The molecule has 0 spiro atoms. The summed E-state index contributed by atoms with van der Waals surface area (Å²) in [4.78, 5) is 11.1. The molecule has 3 aliphatic carbocycles. The third-order valence-electron chi connectivity index (χ3n) is 5.52. The average molecular weight is 364 g/mol. The summed E-state index contributed by atoms with van der Waals surface area (Å²) in [5.74, 6) is 2.26. The van der Waals surface area contributed by atoms with Gasteiger partial charge in [0, 0.05) is 12.5 Å². The van der Waals surface area contributed by atoms with E-state index in [4.69, 9.17) is 9.47 Å². The minimum absolute atomic E-state index is 0.167. The highest BCUT2D eigenvalue weighted by molar-refractivity contribution is 14.1. The van der Waals surface area contributed by atoms with Crippen molar-refractivity contribution in [2.45, 2.75) is 44.6 Å². The van der Waals surface area contributed by atoms with Crippen molar-refractivity contribution in [3.63, 3.8) is 0 Å². The quantitative estimate of drug-likeness (QED) is 0.565. The SMILES string of the molecule is COC1CC2CC3CCC1C(COC(=O)I)(C3)C2. The van der Waals surface area contributed by atoms with Gasteiger partial charge >= 0.3 is 3.98 Å². The van der Waals surface area contributed by atoms with E-state index in [9.17, 15) is 4.79 Å². The van der Waals surface area contributed by atoms with E-state index in [-0.39, 0.29) is 9.39 Å². The van der Waals surface area contributed by atoms with E-state index in [1.54, 1.807) is 22.6 Å². The maximum Gasteiger partial charge on any atom is 0.367 e. The second kappa shape index (κ2) is 4.93. The lowest BCUT2D eigenvalue weighted by atomic mass is 9.49. The molecule has 5 atom stereocenters. The van der Waals surface area contributed by atoms with Crippen LogP contribution in [0.2, 0.25) is 0 Å². The summed E-state index contributed by atoms with van der Waals surface area (Å²) in [6.07, 6.45) is 8.08. The zero-order valence-corrected chi connectivity index (χ0v) is 13.0. The van der Waals surface area contributed by atoms with Crippen LogP contribution in [0.25, 0.3) is 0 Å². The van der Waals surface area contributed by atoms with Crippen LogP contribution in [-0.4, -0.2) is 23.8 Å². The van der Waals surface area contributed by atoms with Crippen LogP contribution < -0.4 is 0 Å². The summed E-state index contributed by atoms with van der Waals surface area (Å²) in [5.41, 5.74) is 0.228. The first-order chi connectivity index (χ1) is 8.63. The molecular formula is C14H21IO3. The minimum Gasteiger partial charge on any atom is -0.458 e. The standard InChI is InChI=1S/C14H21IO3/c1-17-12-5-10-4-9-2-3-11(12)14(6-9,7-10)8-18-13(15)16/h9-12H,2-8H2,1H3. The number of methoxy groups -OCH3 is 1. The monoisotopic (exact) mass is 364 g/mol. The van der Waals surface area contributed by atoms with E-state index in [2.05, 4.69) is 0 Å². The van der Waals surface area contributed by atoms with Gasteiger partial charge in [-0.05, 0) is 49.9 Å². The van der Waals surface area contributed by atoms with Crippen molar-refractivity contribution in [1.82, 2.24) is 0 Å². The van der Waals surface area contributed by atoms with Gasteiger partial charge in [0.15, 0.2) is 0 Å². The van der Waals surface area contributed by atoms with Crippen LogP contribution >= 0.6 is 22.6 Å². The van der Waals surface area contributed by atoms with Crippen molar-refractivity contribution < 1.29 is 14.3 Å². The van der Waals surface area contributed by atoms with Crippen molar-refractivity contribution >= 4 is 26.6 Å². The van der Waals surface area contributed by atoms with Crippen LogP contribution in [-0.2, 0) is 9.47 Å². The number of hydrogen-bond donors (Lipinski definition) is 0. The molecule has 0 aromatic carbocycles. The Morgan fingerprint density at radius 2 is 2.06 bits per heavy atom. The molecule has 0 amide bonds. The van der Waals surface area contributed by atoms with Gasteiger partial charge in [-0.25, -0.2) is 4.79 Å². The second-order valence-corrected chi connectivity index (χ2v) is 7.34. The van der Waals surface area contributed by atoms with Crippen LogP contribution in [0.4, 0.5) is 4.79 Å². The van der Waals surface area contributed by atoms with Crippen molar-refractivity contribution in [2.75, 3.05) is 13.7 Å². The number of ether oxygens (including phenoxy) is 2. The predicted molar refractivity (Wildman–Crippen MR) is 76.8 cm³/mol. The lowest BCUT2D eigenvalue weighted by Crippen LogP contribution is -2.55. The molecule has 3 aliphatic rings. The highest BCUT2D eigenvalue weighted by Crippen LogP contribution is 2.60. The maximum atomic E-state index is 11.1. The number of fused-ring (bicyclic) bond motifs is 2. The molecule has 102 valence electrons. The summed E-state index contributed by atoms with van der Waals surface area (Å²) in [6, 6.07) is 0. The predicted octanol–water partition coefficient (Wildman–Crippen LogP) is 3.79.